The van der Waals surface area contributed by atoms with Gasteiger partial charge < -0.3 is 29.7 Å². The molecule has 0 radical (unpaired) electrons. The van der Waals surface area contributed by atoms with Crippen LogP contribution in [0.2, 0.25) is 0 Å². The lowest BCUT2D eigenvalue weighted by atomic mass is 10.0. The summed E-state index contributed by atoms with van der Waals surface area (Å²) >= 11 is 0.990. The topological polar surface area (TPSA) is 195 Å². The van der Waals surface area contributed by atoms with Crippen LogP contribution in [0.4, 0.5) is 0 Å². The zero-order valence-corrected chi connectivity index (χ0v) is 24.1. The Morgan fingerprint density at radius 1 is 1.10 bits per heavy atom. The molecule has 0 heterocycles. The first-order valence-corrected chi connectivity index (χ1v) is 13.0. The number of carbonyl (C=O) groups is 6. The Labute approximate surface area is 235 Å². The lowest BCUT2D eigenvalue weighted by Crippen LogP contribution is -2.55. The fraction of sp³-hybridized carbons (Fsp3) is 0.520. The van der Waals surface area contributed by atoms with Crippen LogP contribution in [0.3, 0.4) is 0 Å². The summed E-state index contributed by atoms with van der Waals surface area (Å²) in [6.45, 7) is 7.71. The number of esters is 3. The van der Waals surface area contributed by atoms with Crippen molar-refractivity contribution in [1.29, 1.82) is 0 Å². The van der Waals surface area contributed by atoms with Crippen molar-refractivity contribution in [3.8, 4) is 11.5 Å². The maximum Gasteiger partial charge on any atom is 0.336 e. The van der Waals surface area contributed by atoms with Gasteiger partial charge in [0.2, 0.25) is 12.3 Å². The van der Waals surface area contributed by atoms with Gasteiger partial charge in [0.25, 0.3) is 0 Å². The number of hydrogen-bond donors (Lipinski definition) is 3. The fourth-order valence-corrected chi connectivity index (χ4v) is 4.40. The molecule has 0 fully saturated rings. The molecule has 0 aliphatic carbocycles. The van der Waals surface area contributed by atoms with E-state index in [2.05, 4.69) is 5.32 Å². The molecular weight excluding hydrogens is 552 g/mol. The molecule has 0 saturated carbocycles. The highest BCUT2D eigenvalue weighted by atomic mass is 32.2. The predicted octanol–water partition coefficient (Wildman–Crippen LogP) is 0.984. The Bertz CT molecular complexity index is 1130. The van der Waals surface area contributed by atoms with E-state index in [0.717, 1.165) is 32.7 Å². The average Bonchev–Trinajstić information content (AvgIpc) is 2.83. The number of aliphatic hydroxyl groups is 1. The maximum absolute atomic E-state index is 12.9. The van der Waals surface area contributed by atoms with Crippen LogP contribution in [-0.4, -0.2) is 88.6 Å². The lowest BCUT2D eigenvalue weighted by Gasteiger charge is -2.31. The highest BCUT2D eigenvalue weighted by Crippen LogP contribution is 2.36. The number of aromatic carboxylic acids is 1. The molecule has 0 aliphatic rings. The van der Waals surface area contributed by atoms with Gasteiger partial charge in [0.05, 0.1) is 24.9 Å². The number of hydroxylamine groups is 2. The van der Waals surface area contributed by atoms with Crippen molar-refractivity contribution in [2.45, 2.75) is 65.0 Å². The van der Waals surface area contributed by atoms with Crippen molar-refractivity contribution in [3.05, 3.63) is 22.8 Å². The van der Waals surface area contributed by atoms with Crippen LogP contribution in [0.15, 0.2) is 6.07 Å². The monoisotopic (exact) mass is 586 g/mol. The number of nitrogens with one attached hydrogen (secondary N) is 1. The molecular formula is C25H34N2O12S. The summed E-state index contributed by atoms with van der Waals surface area (Å²) < 4.78 is 15.0. The molecule has 1 rings (SSSR count). The number of carboxylic acids is 1. The van der Waals surface area contributed by atoms with Gasteiger partial charge in [0.1, 0.15) is 17.5 Å². The number of rotatable bonds is 14. The van der Waals surface area contributed by atoms with E-state index in [1.165, 1.54) is 13.0 Å². The zero-order valence-electron chi connectivity index (χ0n) is 23.3. The minimum atomic E-state index is -1.49. The quantitative estimate of drug-likeness (QED) is 0.121. The molecule has 40 heavy (non-hydrogen) atoms. The van der Waals surface area contributed by atoms with Crippen LogP contribution in [0.25, 0.3) is 0 Å². The molecule has 1 aromatic carbocycles. The molecule has 0 spiro atoms. The molecule has 2 amide bonds. The first-order chi connectivity index (χ1) is 18.6. The highest BCUT2D eigenvalue weighted by molar-refractivity contribution is 7.98. The number of amides is 2. The summed E-state index contributed by atoms with van der Waals surface area (Å²) in [5, 5.41) is 22.6. The number of thioether (sulfide) groups is 1. The number of methoxy groups -OCH3 is 1. The SMILES string of the molecule is COC(=O)C(CSCc1c(OC(C)=O)cc(OC(C)=O)c(C)c1C(=O)O)NC(=O)C(CO)N(C=O)OC(C)(C)C. The second-order valence-corrected chi connectivity index (χ2v) is 10.3. The molecule has 1 aromatic rings. The first-order valence-electron chi connectivity index (χ1n) is 11.8. The van der Waals surface area contributed by atoms with E-state index >= 15 is 0 Å². The summed E-state index contributed by atoms with van der Waals surface area (Å²) in [7, 11) is 1.09. The smallest absolute Gasteiger partial charge is 0.336 e. The average molecular weight is 587 g/mol. The minimum Gasteiger partial charge on any atom is -0.478 e. The van der Waals surface area contributed by atoms with Crippen LogP contribution in [-0.2, 0) is 39.3 Å². The van der Waals surface area contributed by atoms with Gasteiger partial charge in [-0.2, -0.15) is 11.8 Å². The summed E-state index contributed by atoms with van der Waals surface area (Å²) in [6, 6.07) is -1.55. The zero-order chi connectivity index (χ0) is 30.8. The summed E-state index contributed by atoms with van der Waals surface area (Å²) in [5.41, 5.74) is -0.986. The number of nitrogens with zero attached hydrogens (tertiary/aromatic N) is 1. The predicted molar refractivity (Wildman–Crippen MR) is 140 cm³/mol. The number of hydrogen-bond acceptors (Lipinski definition) is 12. The van der Waals surface area contributed by atoms with Crippen molar-refractivity contribution in [2.24, 2.45) is 0 Å². The van der Waals surface area contributed by atoms with Crippen LogP contribution < -0.4 is 14.8 Å². The van der Waals surface area contributed by atoms with E-state index in [9.17, 15) is 39.0 Å². The summed E-state index contributed by atoms with van der Waals surface area (Å²) in [5.74, 6) is -5.17. The van der Waals surface area contributed by atoms with Gasteiger partial charge in [0.15, 0.2) is 6.04 Å². The summed E-state index contributed by atoms with van der Waals surface area (Å²) in [4.78, 5) is 77.5. The van der Waals surface area contributed by atoms with Gasteiger partial charge in [0, 0.05) is 42.5 Å². The van der Waals surface area contributed by atoms with Crippen LogP contribution in [0.5, 0.6) is 11.5 Å². The Morgan fingerprint density at radius 3 is 2.12 bits per heavy atom. The van der Waals surface area contributed by atoms with Crippen LogP contribution in [0, 0.1) is 6.92 Å². The maximum atomic E-state index is 12.9. The van der Waals surface area contributed by atoms with Crippen molar-refractivity contribution in [2.75, 3.05) is 19.5 Å². The molecule has 2 unspecified atom stereocenters. The molecule has 3 N–H and O–H groups in total. The minimum absolute atomic E-state index is 0.0648. The largest absolute Gasteiger partial charge is 0.478 e. The standard InChI is InChI=1S/C25H34N2O12S/c1-13-19(37-14(2)30)8-20(38-15(3)31)16(21(13)23(33)34)10-40-11-17(24(35)36-7)26-22(32)18(9-28)27(12-29)39-25(4,5)6/h8,12,17-18,28H,9-11H2,1-7H3,(H,26,32)(H,33,34). The van der Waals surface area contributed by atoms with Crippen molar-refractivity contribution in [3.63, 3.8) is 0 Å². The number of benzene rings is 1. The lowest BCUT2D eigenvalue weighted by molar-refractivity contribution is -0.234. The number of aliphatic hydroxyl groups excluding tert-OH is 1. The second-order valence-electron chi connectivity index (χ2n) is 9.31. The molecule has 15 heteroatoms. The molecule has 2 atom stereocenters. The van der Waals surface area contributed by atoms with E-state index in [1.54, 1.807) is 20.8 Å². The van der Waals surface area contributed by atoms with E-state index in [0.29, 0.717) is 5.06 Å². The van der Waals surface area contributed by atoms with E-state index in [4.69, 9.17) is 19.0 Å². The molecule has 14 nitrogen and oxygen atoms in total. The number of carboxylic acid groups (broad SMARTS) is 1. The van der Waals surface area contributed by atoms with Gasteiger partial charge in [-0.25, -0.2) is 14.7 Å². The summed E-state index contributed by atoms with van der Waals surface area (Å²) in [6.07, 6.45) is 0.222. The van der Waals surface area contributed by atoms with Crippen molar-refractivity contribution >= 4 is 48.0 Å². The molecule has 222 valence electrons. The van der Waals surface area contributed by atoms with E-state index in [1.807, 2.05) is 0 Å². The van der Waals surface area contributed by atoms with Gasteiger partial charge >= 0.3 is 23.9 Å². The van der Waals surface area contributed by atoms with Crippen molar-refractivity contribution in [1.82, 2.24) is 10.4 Å². The van der Waals surface area contributed by atoms with E-state index < -0.39 is 54.1 Å². The third-order valence-electron chi connectivity index (χ3n) is 4.93. The third-order valence-corrected chi connectivity index (χ3v) is 5.99. The Kier molecular flexibility index (Phi) is 13.0. The molecule has 0 saturated heterocycles. The van der Waals surface area contributed by atoms with Gasteiger partial charge in [-0.05, 0) is 27.7 Å². The van der Waals surface area contributed by atoms with Gasteiger partial charge in [-0.15, -0.1) is 0 Å². The Hall–Kier alpha value is -3.69. The Balaban J connectivity index is 3.28. The highest BCUT2D eigenvalue weighted by Gasteiger charge is 2.33. The molecule has 0 aromatic heterocycles. The normalized spacial score (nSPS) is 12.5. The molecule has 0 aliphatic heterocycles. The van der Waals surface area contributed by atoms with Gasteiger partial charge in [-0.1, -0.05) is 0 Å². The van der Waals surface area contributed by atoms with Gasteiger partial charge in [-0.3, -0.25) is 24.0 Å². The third kappa shape index (κ3) is 10.1. The Morgan fingerprint density at radius 2 is 1.68 bits per heavy atom. The second kappa shape index (κ2) is 15.2. The van der Waals surface area contributed by atoms with Crippen molar-refractivity contribution < 1.29 is 58.0 Å². The van der Waals surface area contributed by atoms with Crippen LogP contribution in [0.1, 0.15) is 56.1 Å². The molecule has 0 bridgehead atoms. The van der Waals surface area contributed by atoms with E-state index in [-0.39, 0.29) is 46.1 Å². The number of ether oxygens (including phenoxy) is 3. The van der Waals surface area contributed by atoms with Crippen LogP contribution >= 0.6 is 11.8 Å². The first kappa shape index (κ1) is 34.3. The number of carbonyl (C=O) groups excluding carboxylic acids is 5. The fourth-order valence-electron chi connectivity index (χ4n) is 3.34.